The van der Waals surface area contributed by atoms with Gasteiger partial charge in [-0.3, -0.25) is 0 Å². The Morgan fingerprint density at radius 1 is 1.35 bits per heavy atom. The Bertz CT molecular complexity index is 495. The zero-order chi connectivity index (χ0) is 14.7. The molecule has 20 heavy (non-hydrogen) atoms. The summed E-state index contributed by atoms with van der Waals surface area (Å²) in [4.78, 5) is 11.5. The third kappa shape index (κ3) is 2.99. The van der Waals surface area contributed by atoms with Crippen molar-refractivity contribution in [2.24, 2.45) is 0 Å². The van der Waals surface area contributed by atoms with Crippen molar-refractivity contribution >= 4 is 21.9 Å². The molecule has 0 bridgehead atoms. The predicted octanol–water partition coefficient (Wildman–Crippen LogP) is 3.32. The maximum absolute atomic E-state index is 11.5. The molecule has 1 aromatic rings. The van der Waals surface area contributed by atoms with Crippen LogP contribution in [0.15, 0.2) is 16.6 Å². The van der Waals surface area contributed by atoms with E-state index in [1.165, 1.54) is 20.0 Å². The van der Waals surface area contributed by atoms with Crippen molar-refractivity contribution < 1.29 is 19.4 Å². The van der Waals surface area contributed by atoms with Crippen molar-refractivity contribution in [1.82, 2.24) is 0 Å². The number of aliphatic hydroxyl groups excluding tert-OH is 1. The van der Waals surface area contributed by atoms with Gasteiger partial charge >= 0.3 is 5.97 Å². The van der Waals surface area contributed by atoms with Gasteiger partial charge in [0.25, 0.3) is 0 Å². The fourth-order valence-electron chi connectivity index (χ4n) is 2.80. The van der Waals surface area contributed by atoms with Crippen molar-refractivity contribution in [2.45, 2.75) is 37.7 Å². The fourth-order valence-corrected chi connectivity index (χ4v) is 3.45. The Labute approximate surface area is 127 Å². The molecule has 1 aliphatic carbocycles. The number of hydrogen-bond donors (Lipinski definition) is 1. The van der Waals surface area contributed by atoms with Crippen LogP contribution >= 0.6 is 15.9 Å². The first kappa shape index (κ1) is 15.3. The summed E-state index contributed by atoms with van der Waals surface area (Å²) in [5, 5.41) is 10.0. The molecule has 1 N–H and O–H groups in total. The second kappa shape index (κ2) is 6.59. The summed E-state index contributed by atoms with van der Waals surface area (Å²) >= 11 is 3.46. The van der Waals surface area contributed by atoms with E-state index in [0.717, 1.165) is 28.6 Å². The summed E-state index contributed by atoms with van der Waals surface area (Å²) in [6.07, 6.45) is 3.37. The molecule has 5 heteroatoms. The van der Waals surface area contributed by atoms with Crippen molar-refractivity contribution in [1.29, 1.82) is 0 Å². The van der Waals surface area contributed by atoms with E-state index >= 15 is 0 Å². The summed E-state index contributed by atoms with van der Waals surface area (Å²) < 4.78 is 10.8. The minimum absolute atomic E-state index is 0.422. The van der Waals surface area contributed by atoms with E-state index in [2.05, 4.69) is 20.7 Å². The van der Waals surface area contributed by atoms with Crippen molar-refractivity contribution in [3.05, 3.63) is 27.7 Å². The fraction of sp³-hybridized carbons (Fsp3) is 0.533. The Kier molecular flexibility index (Phi) is 5.05. The van der Waals surface area contributed by atoms with Gasteiger partial charge in [-0.05, 0) is 57.9 Å². The van der Waals surface area contributed by atoms with Gasteiger partial charge in [0.15, 0.2) is 6.10 Å². The monoisotopic (exact) mass is 342 g/mol. The first-order chi connectivity index (χ1) is 9.58. The van der Waals surface area contributed by atoms with Crippen LogP contribution in [0.1, 0.15) is 48.8 Å². The quantitative estimate of drug-likeness (QED) is 0.852. The number of rotatable bonds is 4. The van der Waals surface area contributed by atoms with Crippen molar-refractivity contribution in [2.75, 3.05) is 14.2 Å². The molecule has 110 valence electrons. The van der Waals surface area contributed by atoms with E-state index < -0.39 is 12.1 Å². The van der Waals surface area contributed by atoms with E-state index in [0.29, 0.717) is 11.5 Å². The summed E-state index contributed by atoms with van der Waals surface area (Å²) in [5.74, 6) is 0.559. The lowest BCUT2D eigenvalue weighted by molar-refractivity contribution is -0.150. The SMILES string of the molecule is COC(=O)C(O)c1cc(Br)c(OC)c(C2CCCC2)c1. The van der Waals surface area contributed by atoms with Gasteiger partial charge in [0, 0.05) is 0 Å². The van der Waals surface area contributed by atoms with Gasteiger partial charge in [-0.2, -0.15) is 0 Å². The molecule has 0 saturated heterocycles. The molecule has 1 unspecified atom stereocenters. The molecule has 0 amide bonds. The number of benzene rings is 1. The van der Waals surface area contributed by atoms with E-state index in [4.69, 9.17) is 4.74 Å². The van der Waals surface area contributed by atoms with Gasteiger partial charge in [-0.25, -0.2) is 4.79 Å². The summed E-state index contributed by atoms with van der Waals surface area (Å²) in [6.45, 7) is 0. The molecule has 2 rings (SSSR count). The Morgan fingerprint density at radius 2 is 2.00 bits per heavy atom. The first-order valence-electron chi connectivity index (χ1n) is 6.71. The largest absolute Gasteiger partial charge is 0.495 e. The first-order valence-corrected chi connectivity index (χ1v) is 7.51. The highest BCUT2D eigenvalue weighted by Gasteiger charge is 2.26. The summed E-state index contributed by atoms with van der Waals surface area (Å²) in [5.41, 5.74) is 1.59. The van der Waals surface area contributed by atoms with Crippen LogP contribution in [-0.2, 0) is 9.53 Å². The Hall–Kier alpha value is -1.07. The average molecular weight is 343 g/mol. The predicted molar refractivity (Wildman–Crippen MR) is 78.9 cm³/mol. The van der Waals surface area contributed by atoms with Crippen LogP contribution < -0.4 is 4.74 Å². The lowest BCUT2D eigenvalue weighted by Crippen LogP contribution is -2.14. The summed E-state index contributed by atoms with van der Waals surface area (Å²) in [6, 6.07) is 3.57. The zero-order valence-corrected chi connectivity index (χ0v) is 13.3. The highest BCUT2D eigenvalue weighted by molar-refractivity contribution is 9.10. The van der Waals surface area contributed by atoms with Gasteiger partial charge in [-0.15, -0.1) is 0 Å². The molecule has 4 nitrogen and oxygen atoms in total. The normalized spacial score (nSPS) is 17.0. The van der Waals surface area contributed by atoms with Crippen molar-refractivity contribution in [3.63, 3.8) is 0 Å². The molecule has 1 aromatic carbocycles. The molecule has 1 fully saturated rings. The molecule has 0 radical (unpaired) electrons. The third-order valence-electron chi connectivity index (χ3n) is 3.83. The number of methoxy groups -OCH3 is 2. The smallest absolute Gasteiger partial charge is 0.339 e. The Balaban J connectivity index is 2.42. The van der Waals surface area contributed by atoms with Crippen LogP contribution in [0, 0.1) is 0 Å². The van der Waals surface area contributed by atoms with Gasteiger partial charge in [0.2, 0.25) is 0 Å². The number of carbonyl (C=O) groups excluding carboxylic acids is 1. The van der Waals surface area contributed by atoms with Gasteiger partial charge in [0.1, 0.15) is 5.75 Å². The topological polar surface area (TPSA) is 55.8 Å². The molecule has 0 aromatic heterocycles. The van der Waals surface area contributed by atoms with Crippen LogP contribution in [0.4, 0.5) is 0 Å². The number of esters is 1. The van der Waals surface area contributed by atoms with Gasteiger partial charge in [0.05, 0.1) is 18.7 Å². The maximum atomic E-state index is 11.5. The summed E-state index contributed by atoms with van der Waals surface area (Å²) in [7, 11) is 2.90. The number of halogens is 1. The number of ether oxygens (including phenoxy) is 2. The highest BCUT2D eigenvalue weighted by atomic mass is 79.9. The maximum Gasteiger partial charge on any atom is 0.339 e. The molecule has 1 saturated carbocycles. The van der Waals surface area contributed by atoms with Crippen LogP contribution in [0.5, 0.6) is 5.75 Å². The third-order valence-corrected chi connectivity index (χ3v) is 4.42. The number of hydrogen-bond acceptors (Lipinski definition) is 4. The second-order valence-electron chi connectivity index (χ2n) is 5.03. The van der Waals surface area contributed by atoms with Gasteiger partial charge < -0.3 is 14.6 Å². The van der Waals surface area contributed by atoms with E-state index in [1.54, 1.807) is 13.2 Å². The minimum Gasteiger partial charge on any atom is -0.495 e. The van der Waals surface area contributed by atoms with Crippen LogP contribution in [0.3, 0.4) is 0 Å². The highest BCUT2D eigenvalue weighted by Crippen LogP contribution is 2.43. The minimum atomic E-state index is -1.26. The average Bonchev–Trinajstić information content (AvgIpc) is 2.98. The molecule has 0 aliphatic heterocycles. The number of aliphatic hydroxyl groups is 1. The Morgan fingerprint density at radius 3 is 2.55 bits per heavy atom. The zero-order valence-electron chi connectivity index (χ0n) is 11.7. The molecular weight excluding hydrogens is 324 g/mol. The van der Waals surface area contributed by atoms with Crippen LogP contribution in [0.25, 0.3) is 0 Å². The molecule has 1 aliphatic rings. The van der Waals surface area contributed by atoms with Gasteiger partial charge in [-0.1, -0.05) is 12.8 Å². The lowest BCUT2D eigenvalue weighted by Gasteiger charge is -2.19. The van der Waals surface area contributed by atoms with Crippen molar-refractivity contribution in [3.8, 4) is 5.75 Å². The molecular formula is C15H19BrO4. The second-order valence-corrected chi connectivity index (χ2v) is 5.89. The standard InChI is InChI=1S/C15H19BrO4/c1-19-14-11(9-5-3-4-6-9)7-10(8-12(14)16)13(17)15(18)20-2/h7-9,13,17H,3-6H2,1-2H3. The molecule has 0 spiro atoms. The van der Waals surface area contributed by atoms with E-state index in [9.17, 15) is 9.90 Å². The van der Waals surface area contributed by atoms with E-state index in [1.807, 2.05) is 6.07 Å². The number of carbonyl (C=O) groups is 1. The molecule has 0 heterocycles. The van der Waals surface area contributed by atoms with Crippen LogP contribution in [-0.4, -0.2) is 25.3 Å². The van der Waals surface area contributed by atoms with E-state index in [-0.39, 0.29) is 0 Å². The molecule has 1 atom stereocenters. The van der Waals surface area contributed by atoms with Crippen LogP contribution in [0.2, 0.25) is 0 Å². The lowest BCUT2D eigenvalue weighted by atomic mass is 9.93.